The molecule has 26 heavy (non-hydrogen) atoms. The minimum absolute atomic E-state index is 0. The molecule has 148 valence electrons. The van der Waals surface area contributed by atoms with Crippen molar-refractivity contribution in [1.29, 1.82) is 0 Å². The molecule has 0 atom stereocenters. The zero-order valence-corrected chi connectivity index (χ0v) is 15.5. The minimum Gasteiger partial charge on any atom is -0.480 e. The molecule has 0 bridgehead atoms. The molecular weight excluding hydrogens is 418 g/mol. The third-order valence-electron chi connectivity index (χ3n) is 2.76. The van der Waals surface area contributed by atoms with E-state index in [1.54, 1.807) is 12.4 Å². The third kappa shape index (κ3) is 6.63. The fourth-order valence-corrected chi connectivity index (χ4v) is 3.57. The Balaban J connectivity index is 0.000000532. The number of hydrogen-bond donors (Lipinski definition) is 6. The van der Waals surface area contributed by atoms with E-state index in [-0.39, 0.29) is 19.0 Å². The average Bonchev–Trinajstić information content (AvgIpc) is 3.09. The van der Waals surface area contributed by atoms with Crippen LogP contribution in [0.2, 0.25) is 0 Å². The van der Waals surface area contributed by atoms with Crippen LogP contribution in [0.4, 0.5) is 0 Å². The summed E-state index contributed by atoms with van der Waals surface area (Å²) in [5.41, 5.74) is 0. The van der Waals surface area contributed by atoms with Crippen LogP contribution in [0.3, 0.4) is 0 Å². The van der Waals surface area contributed by atoms with E-state index in [9.17, 15) is 19.0 Å². The Morgan fingerprint density at radius 3 is 1.69 bits per heavy atom. The Labute approximate surface area is 152 Å². The molecule has 0 saturated carbocycles. The molecule has 0 saturated heterocycles. The summed E-state index contributed by atoms with van der Waals surface area (Å²) in [6, 6.07) is 0. The van der Waals surface area contributed by atoms with Crippen LogP contribution in [-0.2, 0) is 27.0 Å². The monoisotopic (exact) mass is 434 g/mol. The fraction of sp³-hybridized carbons (Fsp3) is 0.300. The maximum atomic E-state index is 10.9. The topological polar surface area (TPSA) is 208 Å². The largest absolute Gasteiger partial charge is 0.480 e. The number of hydrogen-bond acceptors (Lipinski definition) is 6. The van der Waals surface area contributed by atoms with Crippen molar-refractivity contribution in [2.75, 3.05) is 0 Å². The SMILES string of the molecule is Cl.O=C(O)Cn1ccnc1.O=P(O)(O)C(O)(Cn1ccnc1)P(=O)(O)O. The molecule has 13 nitrogen and oxygen atoms in total. The third-order valence-corrected chi connectivity index (χ3v) is 6.48. The molecule has 0 aliphatic rings. The second-order valence-corrected chi connectivity index (χ2v) is 8.73. The molecule has 0 amide bonds. The van der Waals surface area contributed by atoms with E-state index < -0.39 is 32.8 Å². The summed E-state index contributed by atoms with van der Waals surface area (Å²) in [7, 11) is -10.8. The van der Waals surface area contributed by atoms with Crippen LogP contribution in [0, 0.1) is 0 Å². The van der Waals surface area contributed by atoms with E-state index >= 15 is 0 Å². The number of aromatic nitrogens is 4. The highest BCUT2D eigenvalue weighted by molar-refractivity contribution is 7.72. The van der Waals surface area contributed by atoms with E-state index in [4.69, 9.17) is 24.7 Å². The summed E-state index contributed by atoms with van der Waals surface area (Å²) < 4.78 is 24.3. The van der Waals surface area contributed by atoms with Gasteiger partial charge in [-0.15, -0.1) is 12.4 Å². The number of carboxylic acid groups (broad SMARTS) is 1. The number of aliphatic hydroxyl groups is 1. The Morgan fingerprint density at radius 2 is 1.38 bits per heavy atom. The van der Waals surface area contributed by atoms with E-state index in [0.29, 0.717) is 0 Å². The Morgan fingerprint density at radius 1 is 0.962 bits per heavy atom. The van der Waals surface area contributed by atoms with Gasteiger partial charge in [0.25, 0.3) is 5.08 Å². The van der Waals surface area contributed by atoms with Gasteiger partial charge >= 0.3 is 21.2 Å². The summed E-state index contributed by atoms with van der Waals surface area (Å²) in [4.78, 5) is 52.4. The van der Waals surface area contributed by atoms with Gasteiger partial charge < -0.3 is 38.9 Å². The van der Waals surface area contributed by atoms with Crippen molar-refractivity contribution < 1.29 is 43.7 Å². The van der Waals surface area contributed by atoms with Crippen molar-refractivity contribution in [2.45, 2.75) is 18.2 Å². The quantitative estimate of drug-likeness (QED) is 0.312. The van der Waals surface area contributed by atoms with Gasteiger partial charge in [0.2, 0.25) is 0 Å². The minimum atomic E-state index is -5.41. The predicted molar refractivity (Wildman–Crippen MR) is 88.4 cm³/mol. The van der Waals surface area contributed by atoms with Gasteiger partial charge in [-0.05, 0) is 0 Å². The zero-order chi connectivity index (χ0) is 19.3. The summed E-state index contributed by atoms with van der Waals surface area (Å²) in [6.07, 6.45) is 8.12. The molecule has 0 aliphatic heterocycles. The highest BCUT2D eigenvalue weighted by Crippen LogP contribution is 2.67. The summed E-state index contributed by atoms with van der Waals surface area (Å²) in [5, 5.41) is 14.3. The van der Waals surface area contributed by atoms with Crippen molar-refractivity contribution in [3.63, 3.8) is 0 Å². The highest BCUT2D eigenvalue weighted by atomic mass is 35.5. The lowest BCUT2D eigenvalue weighted by Crippen LogP contribution is -2.33. The summed E-state index contributed by atoms with van der Waals surface area (Å²) in [5.74, 6) is -0.854. The number of nitrogens with zero attached hydrogens (tertiary/aromatic N) is 4. The molecule has 0 spiro atoms. The first-order valence-corrected chi connectivity index (χ1v) is 9.56. The van der Waals surface area contributed by atoms with Gasteiger partial charge in [-0.1, -0.05) is 0 Å². The van der Waals surface area contributed by atoms with E-state index in [2.05, 4.69) is 9.97 Å². The first-order chi connectivity index (χ1) is 11.4. The maximum absolute atomic E-state index is 10.9. The highest BCUT2D eigenvalue weighted by Gasteiger charge is 2.59. The molecule has 0 unspecified atom stereocenters. The van der Waals surface area contributed by atoms with Crippen LogP contribution in [0.5, 0.6) is 0 Å². The molecule has 16 heteroatoms. The zero-order valence-electron chi connectivity index (χ0n) is 12.9. The van der Waals surface area contributed by atoms with Crippen molar-refractivity contribution in [1.82, 2.24) is 19.1 Å². The first-order valence-electron chi connectivity index (χ1n) is 6.34. The Bertz CT molecular complexity index is 749. The molecule has 2 rings (SSSR count). The van der Waals surface area contributed by atoms with Crippen LogP contribution < -0.4 is 0 Å². The fourth-order valence-electron chi connectivity index (χ4n) is 1.52. The van der Waals surface area contributed by atoms with Gasteiger partial charge in [-0.2, -0.15) is 0 Å². The summed E-state index contributed by atoms with van der Waals surface area (Å²) >= 11 is 0. The van der Waals surface area contributed by atoms with E-state index in [0.717, 1.165) is 10.9 Å². The molecule has 0 fully saturated rings. The molecule has 2 aromatic heterocycles. The maximum Gasteiger partial charge on any atom is 0.371 e. The molecular formula is C10H17ClN4O9P2. The second kappa shape index (κ2) is 9.40. The van der Waals surface area contributed by atoms with Gasteiger partial charge in [0.05, 0.1) is 19.2 Å². The first kappa shape index (κ1) is 24.4. The molecule has 0 aliphatic carbocycles. The molecule has 2 heterocycles. The lowest BCUT2D eigenvalue weighted by atomic mass is 10.6. The normalized spacial score (nSPS) is 11.9. The lowest BCUT2D eigenvalue weighted by molar-refractivity contribution is -0.137. The molecule has 2 aromatic rings. The lowest BCUT2D eigenvalue weighted by Gasteiger charge is -2.29. The predicted octanol–water partition coefficient (Wildman–Crippen LogP) is -0.726. The number of halogens is 1. The summed E-state index contributed by atoms with van der Waals surface area (Å²) in [6.45, 7) is -0.971. The van der Waals surface area contributed by atoms with Crippen LogP contribution in [0.25, 0.3) is 0 Å². The van der Waals surface area contributed by atoms with Crippen molar-refractivity contribution >= 4 is 33.6 Å². The molecule has 0 radical (unpaired) electrons. The Kier molecular flexibility index (Phi) is 8.83. The molecule has 6 N–H and O–H groups in total. The Hall–Kier alpha value is -1.56. The number of carboxylic acids is 1. The van der Waals surface area contributed by atoms with E-state index in [1.807, 2.05) is 0 Å². The van der Waals surface area contributed by atoms with Crippen LogP contribution in [0.1, 0.15) is 0 Å². The van der Waals surface area contributed by atoms with Crippen molar-refractivity contribution in [3.05, 3.63) is 37.4 Å². The molecule has 0 aromatic carbocycles. The van der Waals surface area contributed by atoms with Crippen molar-refractivity contribution in [3.8, 4) is 0 Å². The van der Waals surface area contributed by atoms with Crippen LogP contribution in [-0.4, -0.2) is 59.9 Å². The van der Waals surface area contributed by atoms with Gasteiger partial charge in [-0.25, -0.2) is 9.97 Å². The van der Waals surface area contributed by atoms with Gasteiger partial charge in [0.1, 0.15) is 6.54 Å². The number of aliphatic carboxylic acids is 1. The van der Waals surface area contributed by atoms with Gasteiger partial charge in [0.15, 0.2) is 0 Å². The van der Waals surface area contributed by atoms with Crippen LogP contribution >= 0.6 is 27.6 Å². The van der Waals surface area contributed by atoms with Gasteiger partial charge in [-0.3, -0.25) is 13.9 Å². The second-order valence-electron chi connectivity index (χ2n) is 4.73. The van der Waals surface area contributed by atoms with Gasteiger partial charge in [0, 0.05) is 24.8 Å². The number of carbonyl (C=O) groups is 1. The average molecular weight is 435 g/mol. The van der Waals surface area contributed by atoms with E-state index in [1.165, 1.54) is 23.3 Å². The standard InChI is InChI=1S/C5H10N2O7P2.C5H6N2O2.ClH/c8-5(15(9,10)11,16(12,13)14)3-7-2-1-6-4-7;8-5(9)3-7-2-1-6-4-7;/h1-2,4,8H,3H2,(H2,9,10,11)(H2,12,13,14);1-2,4H,3H2,(H,8,9);1H. The number of rotatable bonds is 6. The van der Waals surface area contributed by atoms with Crippen LogP contribution in [0.15, 0.2) is 37.4 Å². The number of imidazole rings is 2. The smallest absolute Gasteiger partial charge is 0.371 e. The van der Waals surface area contributed by atoms with Crippen molar-refractivity contribution in [2.24, 2.45) is 0 Å².